The molecule has 1 atom stereocenters. The van der Waals surface area contributed by atoms with Crippen LogP contribution >= 0.6 is 28.3 Å². The number of methoxy groups -OCH3 is 1. The minimum absolute atomic E-state index is 0. The molecule has 1 rings (SSSR count). The fraction of sp³-hybridized carbons (Fsp3) is 0.333. The Kier molecular flexibility index (Phi) is 5.58. The molecule has 2 nitrogen and oxygen atoms in total. The average molecular weight is 321 g/mol. The van der Waals surface area contributed by atoms with E-state index in [1.54, 1.807) is 0 Å². The van der Waals surface area contributed by atoms with E-state index in [0.717, 1.165) is 0 Å². The van der Waals surface area contributed by atoms with Gasteiger partial charge in [0.1, 0.15) is 11.8 Å². The normalized spacial score (nSPS) is 12.9. The Morgan fingerprint density at radius 1 is 1.38 bits per heavy atom. The molecule has 92 valence electrons. The van der Waals surface area contributed by atoms with Crippen LogP contribution in [-0.2, 0) is 0 Å². The first-order chi connectivity index (χ1) is 6.86. The summed E-state index contributed by atoms with van der Waals surface area (Å²) in [6.07, 6.45) is -4.47. The lowest BCUT2D eigenvalue weighted by Crippen LogP contribution is -2.28. The lowest BCUT2D eigenvalue weighted by Gasteiger charge is -2.18. The van der Waals surface area contributed by atoms with Crippen LogP contribution in [0.5, 0.6) is 5.75 Å². The molecule has 0 aliphatic rings. The molecule has 0 saturated carbocycles. The summed E-state index contributed by atoms with van der Waals surface area (Å²) in [4.78, 5) is 0. The van der Waals surface area contributed by atoms with Gasteiger partial charge in [-0.2, -0.15) is 13.2 Å². The minimum Gasteiger partial charge on any atom is -0.496 e. The maximum Gasteiger partial charge on any atom is 0.407 e. The Labute approximate surface area is 105 Å². The highest BCUT2D eigenvalue weighted by Crippen LogP contribution is 2.36. The number of rotatable bonds is 2. The van der Waals surface area contributed by atoms with Crippen LogP contribution in [0.2, 0.25) is 0 Å². The van der Waals surface area contributed by atoms with Crippen molar-refractivity contribution in [2.45, 2.75) is 12.2 Å². The SMILES string of the molecule is COc1cc(Br)ccc1[C@H](N)C(F)(F)F.Cl. The Morgan fingerprint density at radius 3 is 2.38 bits per heavy atom. The smallest absolute Gasteiger partial charge is 0.407 e. The molecular weight excluding hydrogens is 310 g/mol. The predicted octanol–water partition coefficient (Wildman–Crippen LogP) is 3.44. The van der Waals surface area contributed by atoms with E-state index in [0.29, 0.717) is 4.47 Å². The van der Waals surface area contributed by atoms with Crippen molar-refractivity contribution in [3.8, 4) is 5.75 Å². The molecule has 0 fully saturated rings. The van der Waals surface area contributed by atoms with E-state index in [-0.39, 0.29) is 23.7 Å². The molecule has 1 aromatic rings. The highest BCUT2D eigenvalue weighted by molar-refractivity contribution is 9.10. The topological polar surface area (TPSA) is 35.2 Å². The number of benzene rings is 1. The fourth-order valence-electron chi connectivity index (χ4n) is 1.12. The molecule has 0 radical (unpaired) electrons. The zero-order chi connectivity index (χ0) is 11.6. The van der Waals surface area contributed by atoms with Crippen molar-refractivity contribution in [2.24, 2.45) is 5.73 Å². The average Bonchev–Trinajstić information content (AvgIpc) is 2.15. The molecule has 16 heavy (non-hydrogen) atoms. The van der Waals surface area contributed by atoms with Gasteiger partial charge in [0, 0.05) is 10.0 Å². The van der Waals surface area contributed by atoms with Crippen molar-refractivity contribution in [1.29, 1.82) is 0 Å². The van der Waals surface area contributed by atoms with Crippen LogP contribution in [-0.4, -0.2) is 13.3 Å². The van der Waals surface area contributed by atoms with E-state index in [9.17, 15) is 13.2 Å². The van der Waals surface area contributed by atoms with Crippen molar-refractivity contribution >= 4 is 28.3 Å². The summed E-state index contributed by atoms with van der Waals surface area (Å²) < 4.78 is 42.5. The number of halogens is 5. The summed E-state index contributed by atoms with van der Waals surface area (Å²) in [6.45, 7) is 0. The second-order valence-corrected chi connectivity index (χ2v) is 3.82. The maximum absolute atomic E-state index is 12.4. The predicted molar refractivity (Wildman–Crippen MR) is 60.9 cm³/mol. The number of nitrogens with two attached hydrogens (primary N) is 1. The second-order valence-electron chi connectivity index (χ2n) is 2.91. The van der Waals surface area contributed by atoms with Crippen LogP contribution in [0.25, 0.3) is 0 Å². The maximum atomic E-state index is 12.4. The van der Waals surface area contributed by atoms with E-state index in [1.807, 2.05) is 0 Å². The number of hydrogen-bond donors (Lipinski definition) is 1. The molecule has 0 heterocycles. The third-order valence-electron chi connectivity index (χ3n) is 1.88. The quantitative estimate of drug-likeness (QED) is 0.906. The largest absolute Gasteiger partial charge is 0.496 e. The summed E-state index contributed by atoms with van der Waals surface area (Å²) in [7, 11) is 1.30. The molecule has 1 aromatic carbocycles. The minimum atomic E-state index is -4.47. The lowest BCUT2D eigenvalue weighted by molar-refractivity contribution is -0.149. The molecule has 0 amide bonds. The van der Waals surface area contributed by atoms with Crippen molar-refractivity contribution < 1.29 is 17.9 Å². The van der Waals surface area contributed by atoms with Crippen molar-refractivity contribution in [1.82, 2.24) is 0 Å². The molecule has 0 spiro atoms. The van der Waals surface area contributed by atoms with Crippen LogP contribution in [0, 0.1) is 0 Å². The molecule has 0 aromatic heterocycles. The van der Waals surface area contributed by atoms with E-state index in [1.165, 1.54) is 25.3 Å². The third kappa shape index (κ3) is 3.54. The van der Waals surface area contributed by atoms with Gasteiger partial charge in [-0.1, -0.05) is 22.0 Å². The van der Waals surface area contributed by atoms with Crippen LogP contribution in [0.1, 0.15) is 11.6 Å². The Hall–Kier alpha value is -0.460. The van der Waals surface area contributed by atoms with Gasteiger partial charge in [0.2, 0.25) is 0 Å². The van der Waals surface area contributed by atoms with Crippen molar-refractivity contribution in [2.75, 3.05) is 7.11 Å². The summed E-state index contributed by atoms with van der Waals surface area (Å²) in [5, 5.41) is 0. The highest BCUT2D eigenvalue weighted by atomic mass is 79.9. The van der Waals surface area contributed by atoms with Crippen LogP contribution in [0.4, 0.5) is 13.2 Å². The van der Waals surface area contributed by atoms with E-state index >= 15 is 0 Å². The number of alkyl halides is 3. The Bertz CT molecular complexity index is 359. The van der Waals surface area contributed by atoms with Crippen LogP contribution in [0.3, 0.4) is 0 Å². The fourth-order valence-corrected chi connectivity index (χ4v) is 1.46. The molecule has 0 unspecified atom stereocenters. The Balaban J connectivity index is 0.00000225. The summed E-state index contributed by atoms with van der Waals surface area (Å²) in [6, 6.07) is 2.20. The molecule has 0 bridgehead atoms. The van der Waals surface area contributed by atoms with Crippen LogP contribution < -0.4 is 10.5 Å². The second kappa shape index (κ2) is 5.75. The Morgan fingerprint density at radius 2 is 1.94 bits per heavy atom. The highest BCUT2D eigenvalue weighted by Gasteiger charge is 2.39. The van der Waals surface area contributed by atoms with E-state index in [2.05, 4.69) is 15.9 Å². The molecule has 7 heteroatoms. The third-order valence-corrected chi connectivity index (χ3v) is 2.38. The molecule has 0 aliphatic carbocycles. The zero-order valence-electron chi connectivity index (χ0n) is 8.22. The van der Waals surface area contributed by atoms with Gasteiger partial charge in [0.05, 0.1) is 7.11 Å². The molecule has 0 aliphatic heterocycles. The van der Waals surface area contributed by atoms with E-state index < -0.39 is 12.2 Å². The van der Waals surface area contributed by atoms with Gasteiger partial charge >= 0.3 is 6.18 Å². The molecule has 0 saturated heterocycles. The summed E-state index contributed by atoms with van der Waals surface area (Å²) >= 11 is 3.13. The van der Waals surface area contributed by atoms with Gasteiger partial charge in [-0.3, -0.25) is 0 Å². The lowest BCUT2D eigenvalue weighted by atomic mass is 10.1. The van der Waals surface area contributed by atoms with Gasteiger partial charge < -0.3 is 10.5 Å². The monoisotopic (exact) mass is 319 g/mol. The molecule has 2 N–H and O–H groups in total. The van der Waals surface area contributed by atoms with Gasteiger partial charge in [0.25, 0.3) is 0 Å². The zero-order valence-corrected chi connectivity index (χ0v) is 10.6. The van der Waals surface area contributed by atoms with Crippen LogP contribution in [0.15, 0.2) is 22.7 Å². The first-order valence-corrected chi connectivity index (χ1v) is 4.81. The van der Waals surface area contributed by atoms with Gasteiger partial charge in [0.15, 0.2) is 0 Å². The summed E-state index contributed by atoms with van der Waals surface area (Å²) in [5.74, 6) is 0.120. The number of ether oxygens (including phenoxy) is 1. The first kappa shape index (κ1) is 15.5. The van der Waals surface area contributed by atoms with Gasteiger partial charge in [-0.25, -0.2) is 0 Å². The van der Waals surface area contributed by atoms with Gasteiger partial charge in [-0.05, 0) is 12.1 Å². The van der Waals surface area contributed by atoms with Crippen molar-refractivity contribution in [3.63, 3.8) is 0 Å². The molecular formula is C9H10BrClF3NO. The number of hydrogen-bond acceptors (Lipinski definition) is 2. The standard InChI is InChI=1S/C9H9BrF3NO.ClH/c1-15-7-4-5(10)2-3-6(7)8(14)9(11,12)13;/h2-4,8H,14H2,1H3;1H/t8-;/m0./s1. The van der Waals surface area contributed by atoms with Gasteiger partial charge in [-0.15, -0.1) is 12.4 Å². The van der Waals surface area contributed by atoms with E-state index in [4.69, 9.17) is 10.5 Å². The first-order valence-electron chi connectivity index (χ1n) is 4.02. The van der Waals surface area contributed by atoms with Crippen molar-refractivity contribution in [3.05, 3.63) is 28.2 Å². The summed E-state index contributed by atoms with van der Waals surface area (Å²) in [5.41, 5.74) is 5.00.